The molecule has 1 N–H and O–H groups in total. The van der Waals surface area contributed by atoms with E-state index >= 15 is 0 Å². The highest BCUT2D eigenvalue weighted by atomic mass is 32.2. The number of sulfonamides is 1. The summed E-state index contributed by atoms with van der Waals surface area (Å²) in [5.74, 6) is -1.40. The number of halogens is 3. The summed E-state index contributed by atoms with van der Waals surface area (Å²) in [5.41, 5.74) is 0.176. The largest absolute Gasteiger partial charge is 0.573 e. The smallest absolute Gasteiger partial charge is 0.455 e. The van der Waals surface area contributed by atoms with Gasteiger partial charge in [-0.15, -0.1) is 13.2 Å². The zero-order valence-electron chi connectivity index (χ0n) is 13.9. The summed E-state index contributed by atoms with van der Waals surface area (Å²) in [7, 11) is -1.10. The lowest BCUT2D eigenvalue weighted by atomic mass is 10.3. The van der Waals surface area contributed by atoms with Gasteiger partial charge in [-0.2, -0.15) is 0 Å². The maximum Gasteiger partial charge on any atom is 0.573 e. The number of aryl methyl sites for hydroxylation is 1. The second-order valence-electron chi connectivity index (χ2n) is 5.34. The van der Waals surface area contributed by atoms with Crippen LogP contribution in [-0.4, -0.2) is 39.1 Å². The molecule has 0 unspecified atom stereocenters. The first-order valence-corrected chi connectivity index (χ1v) is 8.54. The first-order valence-electron chi connectivity index (χ1n) is 7.10. The van der Waals surface area contributed by atoms with Crippen molar-refractivity contribution < 1.29 is 35.5 Å². The fourth-order valence-electron chi connectivity index (χ4n) is 1.96. The summed E-state index contributed by atoms with van der Waals surface area (Å²) in [6, 6.07) is 5.54. The van der Waals surface area contributed by atoms with Gasteiger partial charge in [0.25, 0.3) is 5.91 Å². The third-order valence-electron chi connectivity index (χ3n) is 3.20. The number of furan rings is 1. The van der Waals surface area contributed by atoms with Crippen LogP contribution in [0.5, 0.6) is 5.75 Å². The number of carbonyl (C=O) groups is 1. The van der Waals surface area contributed by atoms with E-state index in [4.69, 9.17) is 4.42 Å². The Morgan fingerprint density at radius 1 is 1.19 bits per heavy atom. The van der Waals surface area contributed by atoms with Crippen molar-refractivity contribution in [3.63, 3.8) is 0 Å². The number of benzene rings is 1. The van der Waals surface area contributed by atoms with E-state index in [-0.39, 0.29) is 22.1 Å². The third kappa shape index (κ3) is 4.55. The average Bonchev–Trinajstić information content (AvgIpc) is 2.90. The minimum Gasteiger partial charge on any atom is -0.455 e. The van der Waals surface area contributed by atoms with E-state index in [1.807, 2.05) is 0 Å². The number of hydrogen-bond donors (Lipinski definition) is 1. The van der Waals surface area contributed by atoms with Crippen molar-refractivity contribution >= 4 is 21.6 Å². The Hall–Kier alpha value is -2.53. The number of nitrogens with one attached hydrogen (secondary N) is 1. The summed E-state index contributed by atoms with van der Waals surface area (Å²) in [5, 5.41) is 2.39. The van der Waals surface area contributed by atoms with E-state index in [2.05, 4.69) is 10.1 Å². The molecule has 142 valence electrons. The summed E-state index contributed by atoms with van der Waals surface area (Å²) in [6.45, 7) is 1.40. The van der Waals surface area contributed by atoms with Crippen molar-refractivity contribution in [1.29, 1.82) is 0 Å². The molecule has 1 amide bonds. The number of nitrogens with zero attached hydrogens (tertiary/aromatic N) is 1. The molecular formula is C15H15F3N2O5S. The van der Waals surface area contributed by atoms with Crippen LogP contribution in [0.1, 0.15) is 16.3 Å². The Morgan fingerprint density at radius 2 is 1.77 bits per heavy atom. The Labute approximate surface area is 147 Å². The lowest BCUT2D eigenvalue weighted by Crippen LogP contribution is -2.22. The number of amides is 1. The molecule has 0 saturated heterocycles. The molecule has 2 aromatic rings. The molecule has 0 aliphatic heterocycles. The summed E-state index contributed by atoms with van der Waals surface area (Å²) < 4.78 is 70.5. The second-order valence-corrected chi connectivity index (χ2v) is 7.47. The van der Waals surface area contributed by atoms with Crippen LogP contribution in [0.2, 0.25) is 0 Å². The van der Waals surface area contributed by atoms with Crippen molar-refractivity contribution in [2.24, 2.45) is 0 Å². The zero-order valence-corrected chi connectivity index (χ0v) is 14.7. The van der Waals surface area contributed by atoms with Crippen LogP contribution < -0.4 is 10.1 Å². The Bertz CT molecular complexity index is 902. The van der Waals surface area contributed by atoms with Crippen LogP contribution in [0, 0.1) is 6.92 Å². The molecule has 1 aromatic heterocycles. The van der Waals surface area contributed by atoms with Crippen LogP contribution in [0.25, 0.3) is 0 Å². The van der Waals surface area contributed by atoms with Crippen LogP contribution in [0.15, 0.2) is 39.6 Å². The van der Waals surface area contributed by atoms with E-state index in [9.17, 15) is 26.4 Å². The topological polar surface area (TPSA) is 88.8 Å². The van der Waals surface area contributed by atoms with Crippen molar-refractivity contribution in [3.8, 4) is 5.75 Å². The van der Waals surface area contributed by atoms with Crippen LogP contribution in [0.4, 0.5) is 18.9 Å². The second kappa shape index (κ2) is 7.00. The quantitative estimate of drug-likeness (QED) is 0.845. The molecule has 0 radical (unpaired) electrons. The molecular weight excluding hydrogens is 377 g/mol. The molecule has 26 heavy (non-hydrogen) atoms. The number of anilines is 1. The Kier molecular flexibility index (Phi) is 5.33. The molecule has 0 bridgehead atoms. The first-order chi connectivity index (χ1) is 11.9. The van der Waals surface area contributed by atoms with Crippen LogP contribution >= 0.6 is 0 Å². The van der Waals surface area contributed by atoms with Gasteiger partial charge in [-0.1, -0.05) is 0 Å². The van der Waals surface area contributed by atoms with Gasteiger partial charge in [-0.05, 0) is 31.2 Å². The summed E-state index contributed by atoms with van der Waals surface area (Å²) in [6.07, 6.45) is -4.81. The first kappa shape index (κ1) is 19.8. The molecule has 2 rings (SSSR count). The van der Waals surface area contributed by atoms with Gasteiger partial charge in [0.05, 0.1) is 0 Å². The SMILES string of the molecule is Cc1oc(C(=O)Nc2ccc(OC(F)(F)F)cc2)cc1S(=O)(=O)N(C)C. The average molecular weight is 392 g/mol. The summed E-state index contributed by atoms with van der Waals surface area (Å²) in [4.78, 5) is 12.0. The minimum absolute atomic E-state index is 0.0396. The highest BCUT2D eigenvalue weighted by Gasteiger charge is 2.31. The Morgan fingerprint density at radius 3 is 2.27 bits per heavy atom. The predicted molar refractivity (Wildman–Crippen MR) is 85.4 cm³/mol. The maximum absolute atomic E-state index is 12.2. The van der Waals surface area contributed by atoms with Gasteiger partial charge in [0.15, 0.2) is 5.76 Å². The number of alkyl halides is 3. The normalized spacial score (nSPS) is 12.3. The lowest BCUT2D eigenvalue weighted by Gasteiger charge is -2.09. The van der Waals surface area contributed by atoms with Crippen LogP contribution in [0.3, 0.4) is 0 Å². The van der Waals surface area contributed by atoms with E-state index in [0.29, 0.717) is 0 Å². The summed E-state index contributed by atoms with van der Waals surface area (Å²) >= 11 is 0. The number of carbonyl (C=O) groups excluding carboxylic acids is 1. The molecule has 0 saturated carbocycles. The maximum atomic E-state index is 12.2. The molecule has 0 spiro atoms. The van der Waals surface area contributed by atoms with Gasteiger partial charge in [-0.3, -0.25) is 4.79 Å². The van der Waals surface area contributed by atoms with E-state index < -0.39 is 28.0 Å². The molecule has 0 fully saturated rings. The minimum atomic E-state index is -4.81. The predicted octanol–water partition coefficient (Wildman–Crippen LogP) is 2.99. The molecule has 7 nitrogen and oxygen atoms in total. The molecule has 1 aromatic carbocycles. The number of rotatable bonds is 5. The van der Waals surface area contributed by atoms with Crippen molar-refractivity contribution in [2.45, 2.75) is 18.2 Å². The van der Waals surface area contributed by atoms with E-state index in [1.165, 1.54) is 33.2 Å². The highest BCUT2D eigenvalue weighted by Crippen LogP contribution is 2.25. The van der Waals surface area contributed by atoms with Crippen molar-refractivity contribution in [2.75, 3.05) is 19.4 Å². The van der Waals surface area contributed by atoms with Crippen LogP contribution in [-0.2, 0) is 10.0 Å². The van der Waals surface area contributed by atoms with Gasteiger partial charge in [0.1, 0.15) is 16.4 Å². The molecule has 11 heteroatoms. The zero-order chi connectivity index (χ0) is 19.7. The van der Waals surface area contributed by atoms with Gasteiger partial charge in [-0.25, -0.2) is 12.7 Å². The van der Waals surface area contributed by atoms with Crippen molar-refractivity contribution in [3.05, 3.63) is 41.9 Å². The van der Waals surface area contributed by atoms with E-state index in [0.717, 1.165) is 22.5 Å². The van der Waals surface area contributed by atoms with Gasteiger partial charge in [0.2, 0.25) is 10.0 Å². The Balaban J connectivity index is 2.16. The van der Waals surface area contributed by atoms with E-state index in [1.54, 1.807) is 0 Å². The van der Waals surface area contributed by atoms with Gasteiger partial charge in [0, 0.05) is 25.8 Å². The fraction of sp³-hybridized carbons (Fsp3) is 0.267. The van der Waals surface area contributed by atoms with Gasteiger partial charge >= 0.3 is 6.36 Å². The third-order valence-corrected chi connectivity index (χ3v) is 5.12. The monoisotopic (exact) mass is 392 g/mol. The van der Waals surface area contributed by atoms with Crippen molar-refractivity contribution in [1.82, 2.24) is 4.31 Å². The fourth-order valence-corrected chi connectivity index (χ4v) is 3.02. The molecule has 0 aliphatic rings. The molecule has 0 atom stereocenters. The molecule has 0 aliphatic carbocycles. The highest BCUT2D eigenvalue weighted by molar-refractivity contribution is 7.89. The standard InChI is InChI=1S/C15H15F3N2O5S/c1-9-13(26(22,23)20(2)3)8-12(24-9)14(21)19-10-4-6-11(7-5-10)25-15(16,17)18/h4-8H,1-3H3,(H,19,21). The lowest BCUT2D eigenvalue weighted by molar-refractivity contribution is -0.274. The number of hydrogen-bond acceptors (Lipinski definition) is 5. The number of ether oxygens (including phenoxy) is 1. The van der Waals surface area contributed by atoms with Gasteiger partial charge < -0.3 is 14.5 Å². The molecule has 1 heterocycles.